The summed E-state index contributed by atoms with van der Waals surface area (Å²) in [4.78, 5) is 25.3. The van der Waals surface area contributed by atoms with Gasteiger partial charge in [-0.1, -0.05) is 0 Å². The highest BCUT2D eigenvalue weighted by Crippen LogP contribution is 2.20. The van der Waals surface area contributed by atoms with Gasteiger partial charge in [0.1, 0.15) is 0 Å². The monoisotopic (exact) mass is 240 g/mol. The van der Waals surface area contributed by atoms with E-state index in [-0.39, 0.29) is 5.69 Å². The van der Waals surface area contributed by atoms with Gasteiger partial charge in [-0.05, 0) is 38.1 Å². The third-order valence-corrected chi connectivity index (χ3v) is 2.75. The molecule has 2 N–H and O–H groups in total. The van der Waals surface area contributed by atoms with Gasteiger partial charge in [0.2, 0.25) is 0 Å². The lowest BCUT2D eigenvalue weighted by atomic mass is 10.1. The van der Waals surface area contributed by atoms with Gasteiger partial charge in [-0.15, -0.1) is 0 Å². The Morgan fingerprint density at radius 3 is 2.44 bits per heavy atom. The molecule has 90 valence electrons. The Bertz CT molecular complexity index is 765. The van der Waals surface area contributed by atoms with Gasteiger partial charge < -0.3 is 4.98 Å². The standard InChI is InChI=1S/C13H12N4O/c1-7-5-9(6-8(2)14-7)10-3-4-11-12(15-10)17-13(18)16-11/h3-6H,1-2H3,(H2,15,16,17,18). The molecule has 0 unspecified atom stereocenters. The molecule has 0 aliphatic carbocycles. The summed E-state index contributed by atoms with van der Waals surface area (Å²) in [5.74, 6) is 0. The first-order valence-corrected chi connectivity index (χ1v) is 5.66. The summed E-state index contributed by atoms with van der Waals surface area (Å²) in [7, 11) is 0. The zero-order valence-electron chi connectivity index (χ0n) is 10.1. The predicted molar refractivity (Wildman–Crippen MR) is 69.4 cm³/mol. The highest BCUT2D eigenvalue weighted by Gasteiger charge is 2.05. The van der Waals surface area contributed by atoms with E-state index in [0.29, 0.717) is 11.2 Å². The predicted octanol–water partition coefficient (Wildman–Crippen LogP) is 1.93. The Balaban J connectivity index is 2.21. The molecule has 0 aliphatic heterocycles. The topological polar surface area (TPSA) is 74.4 Å². The quantitative estimate of drug-likeness (QED) is 0.682. The van der Waals surface area contributed by atoms with Crippen LogP contribution in [0.5, 0.6) is 0 Å². The molecule has 0 fully saturated rings. The van der Waals surface area contributed by atoms with Gasteiger partial charge in [-0.3, -0.25) is 9.97 Å². The van der Waals surface area contributed by atoms with Crippen molar-refractivity contribution in [3.63, 3.8) is 0 Å². The van der Waals surface area contributed by atoms with Crippen molar-refractivity contribution in [2.24, 2.45) is 0 Å². The molecule has 18 heavy (non-hydrogen) atoms. The van der Waals surface area contributed by atoms with E-state index in [0.717, 1.165) is 22.6 Å². The average Bonchev–Trinajstić information content (AvgIpc) is 2.66. The molecule has 5 nitrogen and oxygen atoms in total. The number of nitrogens with one attached hydrogen (secondary N) is 2. The van der Waals surface area contributed by atoms with E-state index in [9.17, 15) is 4.79 Å². The summed E-state index contributed by atoms with van der Waals surface area (Å²) in [6.45, 7) is 3.90. The van der Waals surface area contributed by atoms with Gasteiger partial charge in [-0.2, -0.15) is 0 Å². The molecule has 0 amide bonds. The molecule has 0 aliphatic rings. The van der Waals surface area contributed by atoms with E-state index in [2.05, 4.69) is 19.9 Å². The maximum atomic E-state index is 11.2. The normalized spacial score (nSPS) is 11.0. The van der Waals surface area contributed by atoms with E-state index in [4.69, 9.17) is 0 Å². The molecule has 0 radical (unpaired) electrons. The summed E-state index contributed by atoms with van der Waals surface area (Å²) < 4.78 is 0. The lowest BCUT2D eigenvalue weighted by Crippen LogP contribution is -1.99. The molecule has 0 spiro atoms. The highest BCUT2D eigenvalue weighted by molar-refractivity contribution is 5.74. The highest BCUT2D eigenvalue weighted by atomic mass is 16.1. The third kappa shape index (κ3) is 1.79. The number of hydrogen-bond acceptors (Lipinski definition) is 3. The van der Waals surface area contributed by atoms with Gasteiger partial charge in [0.05, 0.1) is 11.2 Å². The van der Waals surface area contributed by atoms with Crippen LogP contribution in [0.2, 0.25) is 0 Å². The molecule has 5 heteroatoms. The molecule has 0 saturated heterocycles. The molecule has 3 aromatic heterocycles. The van der Waals surface area contributed by atoms with Gasteiger partial charge in [0, 0.05) is 17.0 Å². The number of aromatic nitrogens is 4. The molecular weight excluding hydrogens is 228 g/mol. The fraction of sp³-hybridized carbons (Fsp3) is 0.154. The number of H-pyrrole nitrogens is 2. The maximum Gasteiger partial charge on any atom is 0.325 e. The molecular formula is C13H12N4O. The molecule has 3 aromatic rings. The van der Waals surface area contributed by atoms with Crippen molar-refractivity contribution in [2.45, 2.75) is 13.8 Å². The average molecular weight is 240 g/mol. The Labute approximate surface area is 103 Å². The lowest BCUT2D eigenvalue weighted by molar-refractivity contribution is 1.12. The second kappa shape index (κ2) is 3.80. The van der Waals surface area contributed by atoms with Crippen molar-refractivity contribution < 1.29 is 0 Å². The fourth-order valence-corrected chi connectivity index (χ4v) is 2.06. The zero-order chi connectivity index (χ0) is 12.7. The number of imidazole rings is 1. The van der Waals surface area contributed by atoms with Crippen LogP contribution in [-0.2, 0) is 0 Å². The fourth-order valence-electron chi connectivity index (χ4n) is 2.06. The van der Waals surface area contributed by atoms with Crippen LogP contribution < -0.4 is 5.69 Å². The minimum Gasteiger partial charge on any atom is -0.304 e. The SMILES string of the molecule is Cc1cc(-c2ccc3[nH]c(=O)[nH]c3n2)cc(C)n1. The Hall–Kier alpha value is -2.43. The van der Waals surface area contributed by atoms with E-state index in [1.165, 1.54) is 0 Å². The summed E-state index contributed by atoms with van der Waals surface area (Å²) in [5, 5.41) is 0. The minimum absolute atomic E-state index is 0.239. The van der Waals surface area contributed by atoms with Crippen LogP contribution in [0.3, 0.4) is 0 Å². The summed E-state index contributed by atoms with van der Waals surface area (Å²) in [6.07, 6.45) is 0. The zero-order valence-corrected chi connectivity index (χ0v) is 10.1. The molecule has 3 rings (SSSR count). The van der Waals surface area contributed by atoms with Gasteiger partial charge in [0.25, 0.3) is 0 Å². The van der Waals surface area contributed by atoms with Crippen LogP contribution >= 0.6 is 0 Å². The van der Waals surface area contributed by atoms with E-state index in [1.54, 1.807) is 0 Å². The van der Waals surface area contributed by atoms with Crippen molar-refractivity contribution in [2.75, 3.05) is 0 Å². The van der Waals surface area contributed by atoms with Gasteiger partial charge in [0.15, 0.2) is 5.65 Å². The Morgan fingerprint density at radius 1 is 1.00 bits per heavy atom. The van der Waals surface area contributed by atoms with Crippen molar-refractivity contribution in [1.29, 1.82) is 0 Å². The summed E-state index contributed by atoms with van der Waals surface area (Å²) >= 11 is 0. The molecule has 0 bridgehead atoms. The van der Waals surface area contributed by atoms with Gasteiger partial charge in [-0.25, -0.2) is 9.78 Å². The summed E-state index contributed by atoms with van der Waals surface area (Å²) in [5.41, 5.74) is 4.78. The largest absolute Gasteiger partial charge is 0.325 e. The van der Waals surface area contributed by atoms with E-state index in [1.807, 2.05) is 38.1 Å². The van der Waals surface area contributed by atoms with Crippen molar-refractivity contribution >= 4 is 11.2 Å². The Kier molecular flexibility index (Phi) is 2.26. The van der Waals surface area contributed by atoms with Crippen molar-refractivity contribution in [3.05, 3.63) is 46.1 Å². The molecule has 3 heterocycles. The Morgan fingerprint density at radius 2 is 1.72 bits per heavy atom. The first-order valence-electron chi connectivity index (χ1n) is 5.66. The number of hydrogen-bond donors (Lipinski definition) is 2. The number of nitrogens with zero attached hydrogens (tertiary/aromatic N) is 2. The van der Waals surface area contributed by atoms with Crippen LogP contribution in [0.25, 0.3) is 22.4 Å². The van der Waals surface area contributed by atoms with Crippen molar-refractivity contribution in [1.82, 2.24) is 19.9 Å². The number of aryl methyl sites for hydroxylation is 2. The second-order valence-electron chi connectivity index (χ2n) is 4.31. The second-order valence-corrected chi connectivity index (χ2v) is 4.31. The van der Waals surface area contributed by atoms with Crippen LogP contribution in [0, 0.1) is 13.8 Å². The van der Waals surface area contributed by atoms with E-state index < -0.39 is 0 Å². The molecule has 0 atom stereocenters. The van der Waals surface area contributed by atoms with Crippen LogP contribution in [0.4, 0.5) is 0 Å². The molecule has 0 saturated carbocycles. The number of pyridine rings is 2. The minimum atomic E-state index is -0.239. The number of fused-ring (bicyclic) bond motifs is 1. The van der Waals surface area contributed by atoms with Crippen LogP contribution in [0.1, 0.15) is 11.4 Å². The number of rotatable bonds is 1. The number of aromatic amines is 2. The first-order chi connectivity index (χ1) is 8.61. The smallest absolute Gasteiger partial charge is 0.304 e. The van der Waals surface area contributed by atoms with Crippen LogP contribution in [-0.4, -0.2) is 19.9 Å². The lowest BCUT2D eigenvalue weighted by Gasteiger charge is -2.03. The first kappa shape index (κ1) is 10.7. The van der Waals surface area contributed by atoms with Crippen molar-refractivity contribution in [3.8, 4) is 11.3 Å². The third-order valence-electron chi connectivity index (χ3n) is 2.75. The van der Waals surface area contributed by atoms with Gasteiger partial charge >= 0.3 is 5.69 Å². The van der Waals surface area contributed by atoms with E-state index >= 15 is 0 Å². The molecule has 0 aromatic carbocycles. The summed E-state index contributed by atoms with van der Waals surface area (Å²) in [6, 6.07) is 7.69. The maximum absolute atomic E-state index is 11.2. The van der Waals surface area contributed by atoms with Crippen LogP contribution in [0.15, 0.2) is 29.1 Å².